The predicted octanol–water partition coefficient (Wildman–Crippen LogP) is 2.93. The predicted molar refractivity (Wildman–Crippen MR) is 67.2 cm³/mol. The summed E-state index contributed by atoms with van der Waals surface area (Å²) in [7, 11) is 1.36. The molecule has 3 nitrogen and oxygen atoms in total. The Balaban J connectivity index is 3.17. The van der Waals surface area contributed by atoms with Crippen LogP contribution >= 0.6 is 31.9 Å². The van der Waals surface area contributed by atoms with Crippen LogP contribution in [0.25, 0.3) is 0 Å². The highest BCUT2D eigenvalue weighted by Gasteiger charge is 2.13. The van der Waals surface area contributed by atoms with Crippen molar-refractivity contribution in [1.82, 2.24) is 0 Å². The molecule has 0 atom stereocenters. The second-order valence-electron chi connectivity index (χ2n) is 3.06. The van der Waals surface area contributed by atoms with Crippen LogP contribution in [0.1, 0.15) is 16.7 Å². The van der Waals surface area contributed by atoms with Gasteiger partial charge in [0.05, 0.1) is 19.1 Å². The van der Waals surface area contributed by atoms with Crippen molar-refractivity contribution in [2.24, 2.45) is 0 Å². The van der Waals surface area contributed by atoms with E-state index in [1.165, 1.54) is 7.11 Å². The summed E-state index contributed by atoms with van der Waals surface area (Å²) >= 11 is 6.70. The van der Waals surface area contributed by atoms with Crippen molar-refractivity contribution < 1.29 is 9.53 Å². The summed E-state index contributed by atoms with van der Waals surface area (Å²) < 4.78 is 5.35. The number of methoxy groups -OCH3 is 1. The van der Waals surface area contributed by atoms with Crippen molar-refractivity contribution in [2.75, 3.05) is 7.11 Å². The Morgan fingerprint density at radius 3 is 2.75 bits per heavy atom. The van der Waals surface area contributed by atoms with Crippen LogP contribution in [-0.2, 0) is 21.3 Å². The lowest BCUT2D eigenvalue weighted by molar-refractivity contribution is -0.139. The molecule has 0 N–H and O–H groups in total. The van der Waals surface area contributed by atoms with E-state index in [2.05, 4.69) is 42.7 Å². The normalized spacial score (nSPS) is 9.62. The van der Waals surface area contributed by atoms with Crippen molar-refractivity contribution in [2.45, 2.75) is 11.8 Å². The maximum atomic E-state index is 11.2. The van der Waals surface area contributed by atoms with E-state index in [0.29, 0.717) is 10.9 Å². The maximum Gasteiger partial charge on any atom is 0.309 e. The molecule has 0 aliphatic rings. The molecule has 0 saturated carbocycles. The molecule has 0 unspecified atom stereocenters. The Kier molecular flexibility index (Phi) is 4.97. The van der Waals surface area contributed by atoms with Crippen LogP contribution in [-0.4, -0.2) is 13.1 Å². The molecular weight excluding hydrogens is 338 g/mol. The van der Waals surface area contributed by atoms with Crippen LogP contribution in [0.3, 0.4) is 0 Å². The summed E-state index contributed by atoms with van der Waals surface area (Å²) in [5.41, 5.74) is 2.32. The lowest BCUT2D eigenvalue weighted by Crippen LogP contribution is -2.07. The largest absolute Gasteiger partial charge is 0.469 e. The van der Waals surface area contributed by atoms with E-state index in [1.54, 1.807) is 12.1 Å². The molecule has 16 heavy (non-hydrogen) atoms. The maximum absolute atomic E-state index is 11.2. The number of benzene rings is 1. The molecule has 0 amide bonds. The Morgan fingerprint density at radius 2 is 2.25 bits per heavy atom. The fourth-order valence-electron chi connectivity index (χ4n) is 1.29. The van der Waals surface area contributed by atoms with Crippen molar-refractivity contribution in [3.8, 4) is 6.07 Å². The van der Waals surface area contributed by atoms with Crippen molar-refractivity contribution >= 4 is 37.8 Å². The van der Waals surface area contributed by atoms with E-state index in [9.17, 15) is 4.79 Å². The summed E-state index contributed by atoms with van der Waals surface area (Å²) in [4.78, 5) is 11.2. The molecule has 5 heteroatoms. The molecule has 0 aromatic heterocycles. The number of alkyl halides is 1. The topological polar surface area (TPSA) is 50.1 Å². The minimum absolute atomic E-state index is 0.210. The lowest BCUT2D eigenvalue weighted by atomic mass is 10.0. The van der Waals surface area contributed by atoms with Gasteiger partial charge >= 0.3 is 5.97 Å². The minimum Gasteiger partial charge on any atom is -0.469 e. The minimum atomic E-state index is -0.293. The molecule has 0 spiro atoms. The molecule has 0 radical (unpaired) electrons. The number of halogens is 2. The molecule has 0 saturated heterocycles. The second-order valence-corrected chi connectivity index (χ2v) is 4.42. The van der Waals surface area contributed by atoms with Gasteiger partial charge < -0.3 is 4.74 Å². The first-order chi connectivity index (χ1) is 7.63. The SMILES string of the molecule is COC(=O)Cc1ccc(C#N)c(Br)c1CBr. The van der Waals surface area contributed by atoms with Crippen molar-refractivity contribution in [1.29, 1.82) is 5.26 Å². The monoisotopic (exact) mass is 345 g/mol. The number of hydrogen-bond donors (Lipinski definition) is 0. The van der Waals surface area contributed by atoms with Gasteiger partial charge in [0.2, 0.25) is 0 Å². The van der Waals surface area contributed by atoms with Crippen LogP contribution in [0.5, 0.6) is 0 Å². The van der Waals surface area contributed by atoms with Gasteiger partial charge in [-0.25, -0.2) is 0 Å². The van der Waals surface area contributed by atoms with Crippen LogP contribution in [0.15, 0.2) is 16.6 Å². The first kappa shape index (κ1) is 13.2. The fourth-order valence-corrected chi connectivity index (χ4v) is 2.92. The molecule has 0 aliphatic carbocycles. The Bertz CT molecular complexity index is 452. The molecule has 1 aromatic carbocycles. The molecule has 0 heterocycles. The quantitative estimate of drug-likeness (QED) is 0.624. The first-order valence-corrected chi connectivity index (χ1v) is 6.38. The van der Waals surface area contributed by atoms with Crippen molar-refractivity contribution in [3.05, 3.63) is 33.3 Å². The molecule has 84 valence electrons. The Labute approximate surface area is 111 Å². The Morgan fingerprint density at radius 1 is 1.56 bits per heavy atom. The second kappa shape index (κ2) is 6.02. The number of hydrogen-bond acceptors (Lipinski definition) is 3. The highest BCUT2D eigenvalue weighted by atomic mass is 79.9. The smallest absolute Gasteiger partial charge is 0.309 e. The number of rotatable bonds is 3. The molecule has 1 aromatic rings. The number of esters is 1. The lowest BCUT2D eigenvalue weighted by Gasteiger charge is -2.09. The molecule has 0 bridgehead atoms. The van der Waals surface area contributed by atoms with Gasteiger partial charge in [0.1, 0.15) is 6.07 Å². The summed E-state index contributed by atoms with van der Waals surface area (Å²) in [6, 6.07) is 5.54. The summed E-state index contributed by atoms with van der Waals surface area (Å²) in [6.45, 7) is 0. The van der Waals surface area contributed by atoms with Gasteiger partial charge in [0.25, 0.3) is 0 Å². The van der Waals surface area contributed by atoms with Gasteiger partial charge in [-0.3, -0.25) is 4.79 Å². The number of carbonyl (C=O) groups is 1. The molecular formula is C11H9Br2NO2. The Hall–Kier alpha value is -0.860. The van der Waals surface area contributed by atoms with Gasteiger partial charge in [-0.05, 0) is 33.1 Å². The third-order valence-electron chi connectivity index (χ3n) is 2.16. The highest BCUT2D eigenvalue weighted by molar-refractivity contribution is 9.10. The third-order valence-corrected chi connectivity index (χ3v) is 3.62. The number of nitriles is 1. The summed E-state index contributed by atoms with van der Waals surface area (Å²) in [5.74, 6) is -0.293. The van der Waals surface area contributed by atoms with E-state index >= 15 is 0 Å². The van der Waals surface area contributed by atoms with E-state index in [1.807, 2.05) is 0 Å². The first-order valence-electron chi connectivity index (χ1n) is 4.47. The van der Waals surface area contributed by atoms with Crippen molar-refractivity contribution in [3.63, 3.8) is 0 Å². The number of carbonyl (C=O) groups excluding carboxylic acids is 1. The van der Waals surface area contributed by atoms with Gasteiger partial charge in [0, 0.05) is 9.80 Å². The highest BCUT2D eigenvalue weighted by Crippen LogP contribution is 2.27. The number of ether oxygens (including phenoxy) is 1. The van der Waals surface area contributed by atoms with Gasteiger partial charge in [-0.15, -0.1) is 0 Å². The van der Waals surface area contributed by atoms with Crippen LogP contribution < -0.4 is 0 Å². The summed E-state index contributed by atoms with van der Waals surface area (Å²) in [5, 5.41) is 9.45. The standard InChI is InChI=1S/C11H9Br2NO2/c1-16-10(15)4-7-2-3-8(6-14)11(13)9(7)5-12/h2-3H,4-5H2,1H3. The van der Waals surface area contributed by atoms with Crippen LogP contribution in [0, 0.1) is 11.3 Å². The molecule has 0 fully saturated rings. The van der Waals surface area contributed by atoms with Gasteiger partial charge in [-0.2, -0.15) is 5.26 Å². The van der Waals surface area contributed by atoms with E-state index in [0.717, 1.165) is 15.6 Å². The number of nitrogens with zero attached hydrogens (tertiary/aromatic N) is 1. The van der Waals surface area contributed by atoms with E-state index in [4.69, 9.17) is 5.26 Å². The van der Waals surface area contributed by atoms with E-state index < -0.39 is 0 Å². The zero-order valence-corrected chi connectivity index (χ0v) is 11.8. The zero-order chi connectivity index (χ0) is 12.1. The zero-order valence-electron chi connectivity index (χ0n) is 8.59. The van der Waals surface area contributed by atoms with Crippen LogP contribution in [0.4, 0.5) is 0 Å². The van der Waals surface area contributed by atoms with E-state index in [-0.39, 0.29) is 12.4 Å². The fraction of sp³-hybridized carbons (Fsp3) is 0.273. The third kappa shape index (κ3) is 2.83. The average molecular weight is 347 g/mol. The molecule has 1 rings (SSSR count). The molecule has 0 aliphatic heterocycles. The van der Waals surface area contributed by atoms with Crippen LogP contribution in [0.2, 0.25) is 0 Å². The van der Waals surface area contributed by atoms with Gasteiger partial charge in [-0.1, -0.05) is 22.0 Å². The average Bonchev–Trinajstić information content (AvgIpc) is 2.29. The summed E-state index contributed by atoms with van der Waals surface area (Å²) in [6.07, 6.45) is 0.210. The van der Waals surface area contributed by atoms with Gasteiger partial charge in [0.15, 0.2) is 0 Å².